The maximum Gasteiger partial charge on any atom is 0.261 e. The van der Waals surface area contributed by atoms with Gasteiger partial charge in [-0.05, 0) is 89.5 Å². The van der Waals surface area contributed by atoms with Gasteiger partial charge in [-0.15, -0.1) is 0 Å². The van der Waals surface area contributed by atoms with Crippen molar-refractivity contribution in [3.63, 3.8) is 0 Å². The zero-order chi connectivity index (χ0) is 36.0. The van der Waals surface area contributed by atoms with Crippen LogP contribution < -0.4 is 0 Å². The van der Waals surface area contributed by atoms with Gasteiger partial charge in [-0.3, -0.25) is 29.0 Å². The third-order valence-corrected chi connectivity index (χ3v) is 11.8. The fourth-order valence-electron chi connectivity index (χ4n) is 9.34. The van der Waals surface area contributed by atoms with E-state index in [0.29, 0.717) is 11.1 Å². The second kappa shape index (κ2) is 14.2. The van der Waals surface area contributed by atoms with E-state index in [0.717, 1.165) is 82.3 Å². The van der Waals surface area contributed by atoms with Crippen LogP contribution >= 0.6 is 0 Å². The summed E-state index contributed by atoms with van der Waals surface area (Å²) in [6, 6.07) is 7.73. The number of nitrogens with zero attached hydrogens (tertiary/aromatic N) is 2. The number of benzene rings is 3. The first-order chi connectivity index (χ1) is 24.6. The number of rotatable bonds is 15. The van der Waals surface area contributed by atoms with E-state index in [1.54, 1.807) is 4.90 Å². The summed E-state index contributed by atoms with van der Waals surface area (Å²) >= 11 is 0. The Morgan fingerprint density at radius 2 is 1.04 bits per heavy atom. The van der Waals surface area contributed by atoms with E-state index in [9.17, 15) is 19.2 Å². The monoisotopic (exact) mass is 686 g/mol. The van der Waals surface area contributed by atoms with E-state index in [2.05, 4.69) is 19.9 Å². The third kappa shape index (κ3) is 5.97. The largest absolute Gasteiger partial charge is 0.275 e. The first-order valence-corrected chi connectivity index (χ1v) is 19.8. The van der Waals surface area contributed by atoms with Gasteiger partial charge in [-0.25, -0.2) is 0 Å². The molecule has 268 valence electrons. The zero-order valence-electron chi connectivity index (χ0n) is 31.3. The van der Waals surface area contributed by atoms with Crippen LogP contribution in [-0.4, -0.2) is 45.0 Å². The Morgan fingerprint density at radius 3 is 1.53 bits per heavy atom. The third-order valence-electron chi connectivity index (χ3n) is 11.8. The topological polar surface area (TPSA) is 74.8 Å². The molecule has 0 spiro atoms. The fourth-order valence-corrected chi connectivity index (χ4v) is 9.34. The van der Waals surface area contributed by atoms with Crippen LogP contribution in [0.3, 0.4) is 0 Å². The van der Waals surface area contributed by atoms with Crippen molar-refractivity contribution >= 4 is 57.3 Å². The molecule has 6 nitrogen and oxygen atoms in total. The highest BCUT2D eigenvalue weighted by molar-refractivity contribution is 6.26. The maximum absolute atomic E-state index is 14.6. The number of carbonyl (C=O) groups excluding carboxylic acids is 4. The van der Waals surface area contributed by atoms with E-state index < -0.39 is 17.4 Å². The number of carbonyl (C=O) groups is 4. The number of hydrogen-bond acceptors (Lipinski definition) is 4. The SMILES string of the molecule is CCCCCCCCC(CCCCCCCC)N1C(=O)c2ccc3c4c(c5c6c7c(ccc63)C(=O)N(C(C)(C)C)C(=O)C7C=C5)C=CC(C1=O)c24. The van der Waals surface area contributed by atoms with Crippen LogP contribution in [0.25, 0.3) is 33.7 Å². The van der Waals surface area contributed by atoms with E-state index in [-0.39, 0.29) is 29.7 Å². The molecule has 0 saturated carbocycles. The summed E-state index contributed by atoms with van der Waals surface area (Å²) in [6.07, 6.45) is 23.9. The van der Waals surface area contributed by atoms with Gasteiger partial charge in [0.15, 0.2) is 0 Å². The fraction of sp³-hybridized carbons (Fsp3) is 0.511. The molecule has 51 heavy (non-hydrogen) atoms. The molecule has 0 N–H and O–H groups in total. The van der Waals surface area contributed by atoms with Crippen LogP contribution in [0, 0.1) is 0 Å². The number of fused-ring (bicyclic) bond motifs is 2. The molecule has 2 aliphatic carbocycles. The summed E-state index contributed by atoms with van der Waals surface area (Å²) in [5.74, 6) is -1.78. The molecule has 0 aromatic heterocycles. The lowest BCUT2D eigenvalue weighted by Crippen LogP contribution is -2.54. The number of hydrogen-bond donors (Lipinski definition) is 0. The summed E-state index contributed by atoms with van der Waals surface area (Å²) in [4.78, 5) is 59.8. The molecular weight excluding hydrogens is 633 g/mol. The number of unbranched alkanes of at least 4 members (excludes halogenated alkanes) is 10. The minimum atomic E-state index is -0.643. The Kier molecular flexibility index (Phi) is 9.82. The minimum Gasteiger partial charge on any atom is -0.275 e. The van der Waals surface area contributed by atoms with Crippen molar-refractivity contribution in [2.45, 2.75) is 148 Å². The standard InChI is InChI=1S/C45H54N2O4/c1-6-8-10-12-14-16-18-28(19-17-15-13-11-9-7-2)46-41(48)33-24-20-29-31-22-26-35-40-36(44(51)47(43(35)50)45(3,4)5)27-23-32(38(31)40)30-21-25-34(42(46)49)39(33)37(29)30/h20-28,33,35H,6-19H2,1-5H3. The highest BCUT2D eigenvalue weighted by Crippen LogP contribution is 2.51. The van der Waals surface area contributed by atoms with Crippen LogP contribution in [0.4, 0.5) is 0 Å². The quantitative estimate of drug-likeness (QED) is 0.0906. The Morgan fingerprint density at radius 1 is 0.588 bits per heavy atom. The first-order valence-electron chi connectivity index (χ1n) is 19.8. The van der Waals surface area contributed by atoms with Gasteiger partial charge >= 0.3 is 0 Å². The Hall–Kier alpha value is -4.06. The van der Waals surface area contributed by atoms with Crippen molar-refractivity contribution in [2.75, 3.05) is 0 Å². The lowest BCUT2D eigenvalue weighted by atomic mass is 9.72. The number of amides is 4. The molecular formula is C45H54N2O4. The summed E-state index contributed by atoms with van der Waals surface area (Å²) in [5.41, 5.74) is 4.04. The number of imide groups is 2. The van der Waals surface area contributed by atoms with Gasteiger partial charge in [-0.1, -0.05) is 127 Å². The molecule has 0 bridgehead atoms. The van der Waals surface area contributed by atoms with Gasteiger partial charge in [0.05, 0.1) is 11.8 Å². The van der Waals surface area contributed by atoms with Gasteiger partial charge in [0, 0.05) is 22.7 Å². The molecule has 6 heteroatoms. The average molecular weight is 687 g/mol. The van der Waals surface area contributed by atoms with Crippen LogP contribution in [0.1, 0.15) is 179 Å². The average Bonchev–Trinajstić information content (AvgIpc) is 3.10. The molecule has 2 aliphatic heterocycles. The Bertz CT molecular complexity index is 1960. The summed E-state index contributed by atoms with van der Waals surface area (Å²) in [7, 11) is 0. The van der Waals surface area contributed by atoms with E-state index >= 15 is 0 Å². The van der Waals surface area contributed by atoms with Crippen LogP contribution in [0.15, 0.2) is 36.4 Å². The maximum atomic E-state index is 14.6. The molecule has 2 heterocycles. The molecule has 2 atom stereocenters. The Labute approximate surface area is 303 Å². The molecule has 4 aliphatic rings. The zero-order valence-corrected chi connectivity index (χ0v) is 31.3. The summed E-state index contributed by atoms with van der Waals surface area (Å²) < 4.78 is 0. The molecule has 0 radical (unpaired) electrons. The van der Waals surface area contributed by atoms with Gasteiger partial charge in [0.1, 0.15) is 0 Å². The van der Waals surface area contributed by atoms with E-state index in [4.69, 9.17) is 0 Å². The van der Waals surface area contributed by atoms with Crippen LogP contribution in [0.5, 0.6) is 0 Å². The molecule has 0 fully saturated rings. The second-order valence-corrected chi connectivity index (χ2v) is 16.3. The highest BCUT2D eigenvalue weighted by Gasteiger charge is 2.47. The predicted octanol–water partition coefficient (Wildman–Crippen LogP) is 10.8. The molecule has 2 unspecified atom stereocenters. The van der Waals surface area contributed by atoms with Crippen molar-refractivity contribution < 1.29 is 19.2 Å². The van der Waals surface area contributed by atoms with Gasteiger partial charge in [-0.2, -0.15) is 0 Å². The van der Waals surface area contributed by atoms with Gasteiger partial charge in [0.25, 0.3) is 11.8 Å². The van der Waals surface area contributed by atoms with Crippen LogP contribution in [-0.2, 0) is 9.59 Å². The second-order valence-electron chi connectivity index (χ2n) is 16.3. The first kappa shape index (κ1) is 35.3. The molecule has 3 aromatic carbocycles. The predicted molar refractivity (Wildman–Crippen MR) is 207 cm³/mol. The van der Waals surface area contributed by atoms with E-state index in [1.165, 1.54) is 56.3 Å². The van der Waals surface area contributed by atoms with Crippen LogP contribution in [0.2, 0.25) is 0 Å². The summed E-state index contributed by atoms with van der Waals surface area (Å²) in [6.45, 7) is 10.1. The minimum absolute atomic E-state index is 0.0899. The molecule has 4 amide bonds. The normalized spacial score (nSPS) is 19.1. The highest BCUT2D eigenvalue weighted by atomic mass is 16.2. The van der Waals surface area contributed by atoms with E-state index in [1.807, 2.05) is 63.3 Å². The van der Waals surface area contributed by atoms with Crippen molar-refractivity contribution in [1.29, 1.82) is 0 Å². The molecule has 3 aromatic rings. The van der Waals surface area contributed by atoms with Gasteiger partial charge in [0.2, 0.25) is 11.8 Å². The van der Waals surface area contributed by atoms with Crippen molar-refractivity contribution in [1.82, 2.24) is 9.80 Å². The molecule has 7 rings (SSSR count). The molecule has 0 saturated heterocycles. The van der Waals surface area contributed by atoms with Crippen molar-refractivity contribution in [3.05, 3.63) is 69.8 Å². The van der Waals surface area contributed by atoms with Crippen molar-refractivity contribution in [2.24, 2.45) is 0 Å². The lowest BCUT2D eigenvalue weighted by molar-refractivity contribution is -0.133. The lowest BCUT2D eigenvalue weighted by Gasteiger charge is -2.41. The van der Waals surface area contributed by atoms with Gasteiger partial charge < -0.3 is 0 Å². The Balaban J connectivity index is 1.28. The van der Waals surface area contributed by atoms with Crippen molar-refractivity contribution in [3.8, 4) is 0 Å². The smallest absolute Gasteiger partial charge is 0.261 e. The summed E-state index contributed by atoms with van der Waals surface area (Å²) in [5, 5.41) is 3.77.